The molecule has 2 rings (SSSR count). The Labute approximate surface area is 121 Å². The first-order valence-corrected chi connectivity index (χ1v) is 6.97. The van der Waals surface area contributed by atoms with Gasteiger partial charge in [0.25, 0.3) is 5.91 Å². The van der Waals surface area contributed by atoms with Gasteiger partial charge in [0.15, 0.2) is 0 Å². The van der Waals surface area contributed by atoms with Crippen molar-refractivity contribution in [2.75, 3.05) is 6.54 Å². The zero-order valence-electron chi connectivity index (χ0n) is 10.7. The van der Waals surface area contributed by atoms with Crippen molar-refractivity contribution in [1.82, 2.24) is 14.9 Å². The number of nitrogens with zero attached hydrogens (tertiary/aromatic N) is 2. The second-order valence-corrected chi connectivity index (χ2v) is 5.33. The lowest BCUT2D eigenvalue weighted by Crippen LogP contribution is -2.25. The number of imidazole rings is 1. The average molecular weight is 322 g/mol. The van der Waals surface area contributed by atoms with Crippen molar-refractivity contribution < 1.29 is 4.79 Å². The Morgan fingerprint density at radius 1 is 1.42 bits per heavy atom. The van der Waals surface area contributed by atoms with Crippen LogP contribution in [0.15, 0.2) is 47.5 Å². The smallest absolute Gasteiger partial charge is 0.251 e. The molecule has 1 aromatic heterocycles. The van der Waals surface area contributed by atoms with Crippen LogP contribution in [0.2, 0.25) is 0 Å². The second-order valence-electron chi connectivity index (χ2n) is 4.41. The molecule has 100 valence electrons. The predicted octanol–water partition coefficient (Wildman–Crippen LogP) is 3.03. The summed E-state index contributed by atoms with van der Waals surface area (Å²) in [6.45, 7) is 2.75. The van der Waals surface area contributed by atoms with Gasteiger partial charge in [-0.25, -0.2) is 4.98 Å². The first kappa shape index (κ1) is 13.8. The summed E-state index contributed by atoms with van der Waals surface area (Å²) in [7, 11) is 0. The molecule has 1 unspecified atom stereocenters. The number of hydrogen-bond donors (Lipinski definition) is 1. The molecule has 1 amide bonds. The van der Waals surface area contributed by atoms with E-state index in [1.54, 1.807) is 24.7 Å². The molecule has 0 radical (unpaired) electrons. The van der Waals surface area contributed by atoms with E-state index < -0.39 is 0 Å². The molecule has 0 bridgehead atoms. The van der Waals surface area contributed by atoms with Gasteiger partial charge in [-0.2, -0.15) is 0 Å². The quantitative estimate of drug-likeness (QED) is 0.920. The third-order valence-corrected chi connectivity index (χ3v) is 3.52. The Bertz CT molecular complexity index is 522. The van der Waals surface area contributed by atoms with E-state index in [9.17, 15) is 4.79 Å². The lowest BCUT2D eigenvalue weighted by atomic mass is 10.2. The number of nitrogens with one attached hydrogen (secondary N) is 1. The van der Waals surface area contributed by atoms with Crippen LogP contribution in [0, 0.1) is 0 Å². The maximum atomic E-state index is 11.9. The normalized spacial score (nSPS) is 12.1. The van der Waals surface area contributed by atoms with Gasteiger partial charge in [0.1, 0.15) is 0 Å². The lowest BCUT2D eigenvalue weighted by molar-refractivity contribution is 0.0952. The van der Waals surface area contributed by atoms with Crippen molar-refractivity contribution in [3.8, 4) is 0 Å². The Balaban J connectivity index is 1.79. The molecule has 4 nitrogen and oxygen atoms in total. The van der Waals surface area contributed by atoms with Gasteiger partial charge >= 0.3 is 0 Å². The molecule has 0 fully saturated rings. The summed E-state index contributed by atoms with van der Waals surface area (Å²) >= 11 is 3.35. The molecule has 5 heteroatoms. The fourth-order valence-corrected chi connectivity index (χ4v) is 2.04. The predicted molar refractivity (Wildman–Crippen MR) is 78.0 cm³/mol. The molecule has 0 aliphatic heterocycles. The van der Waals surface area contributed by atoms with Crippen LogP contribution in [0.4, 0.5) is 0 Å². The van der Waals surface area contributed by atoms with E-state index in [-0.39, 0.29) is 5.91 Å². The number of hydrogen-bond acceptors (Lipinski definition) is 2. The number of halogens is 1. The van der Waals surface area contributed by atoms with Gasteiger partial charge in [0.2, 0.25) is 0 Å². The van der Waals surface area contributed by atoms with Crippen LogP contribution >= 0.6 is 15.9 Å². The fraction of sp³-hybridized carbons (Fsp3) is 0.286. The molecule has 19 heavy (non-hydrogen) atoms. The minimum absolute atomic E-state index is 0.0367. The number of carbonyl (C=O) groups excluding carboxylic acids is 1. The third kappa shape index (κ3) is 3.92. The maximum absolute atomic E-state index is 11.9. The van der Waals surface area contributed by atoms with Crippen LogP contribution in [0.3, 0.4) is 0 Å². The largest absolute Gasteiger partial charge is 0.352 e. The molecule has 0 aliphatic rings. The van der Waals surface area contributed by atoms with E-state index in [0.29, 0.717) is 18.2 Å². The number of rotatable bonds is 5. The van der Waals surface area contributed by atoms with Crippen molar-refractivity contribution in [3.05, 3.63) is 53.0 Å². The van der Waals surface area contributed by atoms with Gasteiger partial charge in [0.05, 0.1) is 6.33 Å². The molecule has 0 spiro atoms. The minimum Gasteiger partial charge on any atom is -0.352 e. The highest BCUT2D eigenvalue weighted by Crippen LogP contribution is 2.11. The molecular weight excluding hydrogens is 306 g/mol. The topological polar surface area (TPSA) is 46.9 Å². The van der Waals surface area contributed by atoms with Crippen LogP contribution in [0.5, 0.6) is 0 Å². The van der Waals surface area contributed by atoms with E-state index in [1.807, 2.05) is 22.9 Å². The van der Waals surface area contributed by atoms with E-state index in [1.165, 1.54) is 0 Å². The third-order valence-electron chi connectivity index (χ3n) is 2.99. The summed E-state index contributed by atoms with van der Waals surface area (Å²) in [4.78, 5) is 15.9. The summed E-state index contributed by atoms with van der Waals surface area (Å²) in [5.41, 5.74) is 0.679. The summed E-state index contributed by atoms with van der Waals surface area (Å²) < 4.78 is 3.00. The zero-order chi connectivity index (χ0) is 13.7. The minimum atomic E-state index is -0.0367. The van der Waals surface area contributed by atoms with Crippen LogP contribution in [-0.2, 0) is 0 Å². The van der Waals surface area contributed by atoms with E-state index in [2.05, 4.69) is 33.2 Å². The van der Waals surface area contributed by atoms with Crippen LogP contribution < -0.4 is 5.32 Å². The molecule has 1 N–H and O–H groups in total. The summed E-state index contributed by atoms with van der Waals surface area (Å²) in [6.07, 6.45) is 6.36. The van der Waals surface area contributed by atoms with Crippen LogP contribution in [0.1, 0.15) is 29.7 Å². The molecule has 2 aromatic rings. The Kier molecular flexibility index (Phi) is 4.74. The molecule has 1 heterocycles. The molecule has 1 atom stereocenters. The number of amides is 1. The van der Waals surface area contributed by atoms with Gasteiger partial charge in [-0.05, 0) is 37.6 Å². The second kappa shape index (κ2) is 6.52. The lowest BCUT2D eigenvalue weighted by Gasteiger charge is -2.13. The fourth-order valence-electron chi connectivity index (χ4n) is 1.78. The molecule has 1 aromatic carbocycles. The molecular formula is C14H16BrN3O. The number of carbonyl (C=O) groups is 1. The first-order chi connectivity index (χ1) is 9.16. The Morgan fingerprint density at radius 3 is 2.79 bits per heavy atom. The molecule has 0 aliphatic carbocycles. The van der Waals surface area contributed by atoms with Crippen molar-refractivity contribution in [3.63, 3.8) is 0 Å². The van der Waals surface area contributed by atoms with Gasteiger partial charge in [-0.1, -0.05) is 15.9 Å². The maximum Gasteiger partial charge on any atom is 0.251 e. The Morgan fingerprint density at radius 2 is 2.16 bits per heavy atom. The van der Waals surface area contributed by atoms with Crippen molar-refractivity contribution in [2.24, 2.45) is 0 Å². The van der Waals surface area contributed by atoms with Crippen LogP contribution in [-0.4, -0.2) is 22.0 Å². The number of aromatic nitrogens is 2. The van der Waals surface area contributed by atoms with Crippen molar-refractivity contribution in [1.29, 1.82) is 0 Å². The van der Waals surface area contributed by atoms with Gasteiger partial charge in [-0.15, -0.1) is 0 Å². The first-order valence-electron chi connectivity index (χ1n) is 6.18. The summed E-state index contributed by atoms with van der Waals surface area (Å²) in [5.74, 6) is -0.0367. The van der Waals surface area contributed by atoms with E-state index in [0.717, 1.165) is 10.9 Å². The highest BCUT2D eigenvalue weighted by Gasteiger charge is 2.07. The Hall–Kier alpha value is -1.62. The highest BCUT2D eigenvalue weighted by molar-refractivity contribution is 9.10. The zero-order valence-corrected chi connectivity index (χ0v) is 12.3. The van der Waals surface area contributed by atoms with Gasteiger partial charge < -0.3 is 9.88 Å². The van der Waals surface area contributed by atoms with E-state index in [4.69, 9.17) is 0 Å². The standard InChI is InChI=1S/C14H16BrN3O/c1-11(18-9-8-16-10-18)6-7-17-14(19)12-2-4-13(15)5-3-12/h2-5,8-11H,6-7H2,1H3,(H,17,19). The number of benzene rings is 1. The highest BCUT2D eigenvalue weighted by atomic mass is 79.9. The average Bonchev–Trinajstić information content (AvgIpc) is 2.93. The van der Waals surface area contributed by atoms with Crippen LogP contribution in [0.25, 0.3) is 0 Å². The van der Waals surface area contributed by atoms with E-state index >= 15 is 0 Å². The molecule has 0 saturated carbocycles. The monoisotopic (exact) mass is 321 g/mol. The molecule has 0 saturated heterocycles. The SMILES string of the molecule is CC(CCNC(=O)c1ccc(Br)cc1)n1ccnc1. The summed E-state index contributed by atoms with van der Waals surface area (Å²) in [5, 5.41) is 2.92. The van der Waals surface area contributed by atoms with Crippen molar-refractivity contribution in [2.45, 2.75) is 19.4 Å². The van der Waals surface area contributed by atoms with Gasteiger partial charge in [-0.3, -0.25) is 4.79 Å². The van der Waals surface area contributed by atoms with Crippen molar-refractivity contribution >= 4 is 21.8 Å². The summed E-state index contributed by atoms with van der Waals surface area (Å²) in [6, 6.07) is 7.66. The van der Waals surface area contributed by atoms with Gasteiger partial charge in [0, 0.05) is 35.0 Å².